The Kier molecular flexibility index (Phi) is 5.63. The number of carboxylic acids is 1. The fourth-order valence-electron chi connectivity index (χ4n) is 2.94. The fraction of sp³-hybridized carbons (Fsp3) is 0.250. The maximum absolute atomic E-state index is 12.3. The second-order valence-electron chi connectivity index (χ2n) is 6.28. The van der Waals surface area contributed by atoms with Crippen molar-refractivity contribution in [1.29, 1.82) is 0 Å². The van der Waals surface area contributed by atoms with Gasteiger partial charge in [-0.2, -0.15) is 0 Å². The van der Waals surface area contributed by atoms with E-state index in [-0.39, 0.29) is 24.3 Å². The van der Waals surface area contributed by atoms with Gasteiger partial charge in [0.15, 0.2) is 0 Å². The standard InChI is InChI=1S/C20H19NO6/c22-17(10-21-18(23)14-8-4-5-9-15(14)19(21)24)16(20(25)26)12-27-11-13-6-2-1-3-7-13/h1-9,16-17,22H,10-12H2,(H,25,26)/t16-,17-/m0/s1. The highest BCUT2D eigenvalue weighted by Crippen LogP contribution is 2.23. The Bertz CT molecular complexity index is 816. The monoisotopic (exact) mass is 369 g/mol. The molecule has 2 aromatic rings. The number of carbonyl (C=O) groups is 3. The smallest absolute Gasteiger partial charge is 0.311 e. The summed E-state index contributed by atoms with van der Waals surface area (Å²) in [5, 5.41) is 19.7. The van der Waals surface area contributed by atoms with E-state index in [1.807, 2.05) is 30.3 Å². The molecule has 2 amide bonds. The highest BCUT2D eigenvalue weighted by molar-refractivity contribution is 6.21. The highest BCUT2D eigenvalue weighted by atomic mass is 16.5. The molecular formula is C20H19NO6. The lowest BCUT2D eigenvalue weighted by Gasteiger charge is -2.23. The van der Waals surface area contributed by atoms with E-state index in [9.17, 15) is 24.6 Å². The number of carboxylic acid groups (broad SMARTS) is 1. The quantitative estimate of drug-likeness (QED) is 0.685. The molecule has 0 unspecified atom stereocenters. The average Bonchev–Trinajstić information content (AvgIpc) is 2.91. The van der Waals surface area contributed by atoms with Crippen molar-refractivity contribution in [3.05, 3.63) is 71.3 Å². The van der Waals surface area contributed by atoms with Gasteiger partial charge in [0.25, 0.3) is 11.8 Å². The first-order valence-electron chi connectivity index (χ1n) is 8.47. The number of benzene rings is 2. The van der Waals surface area contributed by atoms with Gasteiger partial charge in [0.1, 0.15) is 5.92 Å². The predicted octanol–water partition coefficient (Wildman–Crippen LogP) is 1.56. The molecule has 1 heterocycles. The van der Waals surface area contributed by atoms with E-state index in [1.54, 1.807) is 12.1 Å². The number of ether oxygens (including phenoxy) is 1. The summed E-state index contributed by atoms with van der Waals surface area (Å²) in [4.78, 5) is 37.1. The molecule has 27 heavy (non-hydrogen) atoms. The first-order valence-corrected chi connectivity index (χ1v) is 8.47. The molecule has 1 aliphatic rings. The molecule has 140 valence electrons. The predicted molar refractivity (Wildman–Crippen MR) is 95.0 cm³/mol. The van der Waals surface area contributed by atoms with Crippen LogP contribution in [0.5, 0.6) is 0 Å². The van der Waals surface area contributed by atoms with Crippen LogP contribution < -0.4 is 0 Å². The molecule has 7 heteroatoms. The van der Waals surface area contributed by atoms with Crippen LogP contribution in [0, 0.1) is 5.92 Å². The summed E-state index contributed by atoms with van der Waals surface area (Å²) < 4.78 is 5.42. The number of nitrogens with zero attached hydrogens (tertiary/aromatic N) is 1. The molecule has 2 N–H and O–H groups in total. The van der Waals surface area contributed by atoms with Crippen LogP contribution in [0.2, 0.25) is 0 Å². The van der Waals surface area contributed by atoms with Crippen LogP contribution in [0.4, 0.5) is 0 Å². The van der Waals surface area contributed by atoms with Crippen LogP contribution in [0.3, 0.4) is 0 Å². The molecule has 1 aliphatic heterocycles. The van der Waals surface area contributed by atoms with Crippen LogP contribution in [0.25, 0.3) is 0 Å². The van der Waals surface area contributed by atoms with E-state index in [4.69, 9.17) is 4.74 Å². The first kappa shape index (κ1) is 18.8. The second kappa shape index (κ2) is 8.11. The Balaban J connectivity index is 1.62. The van der Waals surface area contributed by atoms with Gasteiger partial charge < -0.3 is 14.9 Å². The molecule has 7 nitrogen and oxygen atoms in total. The Hall–Kier alpha value is -3.03. The van der Waals surface area contributed by atoms with Crippen LogP contribution in [-0.2, 0) is 16.1 Å². The van der Waals surface area contributed by atoms with E-state index in [1.165, 1.54) is 12.1 Å². The molecule has 0 saturated carbocycles. The zero-order chi connectivity index (χ0) is 19.4. The van der Waals surface area contributed by atoms with Crippen LogP contribution in [-0.4, -0.2) is 52.2 Å². The van der Waals surface area contributed by atoms with Crippen molar-refractivity contribution in [2.24, 2.45) is 5.92 Å². The number of hydrogen-bond acceptors (Lipinski definition) is 5. The largest absolute Gasteiger partial charge is 0.481 e. The van der Waals surface area contributed by atoms with Gasteiger partial charge in [-0.15, -0.1) is 0 Å². The summed E-state index contributed by atoms with van der Waals surface area (Å²) in [5.41, 5.74) is 1.38. The number of aliphatic carboxylic acids is 1. The van der Waals surface area contributed by atoms with Gasteiger partial charge in [0.2, 0.25) is 0 Å². The number of imide groups is 1. The SMILES string of the molecule is O=C(O)[C@@H](COCc1ccccc1)[C@@H](O)CN1C(=O)c2ccccc2C1=O. The van der Waals surface area contributed by atoms with Gasteiger partial charge in [0.05, 0.1) is 37.0 Å². The van der Waals surface area contributed by atoms with Crippen molar-refractivity contribution in [2.45, 2.75) is 12.7 Å². The molecular weight excluding hydrogens is 350 g/mol. The maximum atomic E-state index is 12.3. The van der Waals surface area contributed by atoms with Gasteiger partial charge in [-0.25, -0.2) is 0 Å². The summed E-state index contributed by atoms with van der Waals surface area (Å²) in [5.74, 6) is -3.60. The third-order valence-corrected chi connectivity index (χ3v) is 4.44. The Labute approximate surface area is 155 Å². The molecule has 3 rings (SSSR count). The molecule has 0 radical (unpaired) electrons. The van der Waals surface area contributed by atoms with Gasteiger partial charge in [-0.1, -0.05) is 42.5 Å². The number of carbonyl (C=O) groups excluding carboxylic acids is 2. The van der Waals surface area contributed by atoms with E-state index in [0.29, 0.717) is 0 Å². The first-order chi connectivity index (χ1) is 13.0. The van der Waals surface area contributed by atoms with Crippen LogP contribution in [0.1, 0.15) is 26.3 Å². The Morgan fingerprint density at radius 2 is 1.52 bits per heavy atom. The molecule has 0 aliphatic carbocycles. The third-order valence-electron chi connectivity index (χ3n) is 4.44. The van der Waals surface area contributed by atoms with Crippen molar-refractivity contribution < 1.29 is 29.3 Å². The minimum Gasteiger partial charge on any atom is -0.481 e. The second-order valence-corrected chi connectivity index (χ2v) is 6.28. The van der Waals surface area contributed by atoms with Crippen molar-refractivity contribution in [3.63, 3.8) is 0 Å². The topological polar surface area (TPSA) is 104 Å². The maximum Gasteiger partial charge on any atom is 0.311 e. The molecule has 0 fully saturated rings. The number of rotatable bonds is 8. The lowest BCUT2D eigenvalue weighted by Crippen LogP contribution is -2.43. The summed E-state index contributed by atoms with van der Waals surface area (Å²) >= 11 is 0. The van der Waals surface area contributed by atoms with E-state index >= 15 is 0 Å². The molecule has 0 bridgehead atoms. The number of fused-ring (bicyclic) bond motifs is 1. The molecule has 0 saturated heterocycles. The number of amides is 2. The normalized spacial score (nSPS) is 15.5. The van der Waals surface area contributed by atoms with Gasteiger partial charge in [-0.3, -0.25) is 19.3 Å². The summed E-state index contributed by atoms with van der Waals surface area (Å²) in [6, 6.07) is 15.5. The van der Waals surface area contributed by atoms with Crippen LogP contribution >= 0.6 is 0 Å². The lowest BCUT2D eigenvalue weighted by atomic mass is 10.0. The zero-order valence-electron chi connectivity index (χ0n) is 14.4. The van der Waals surface area contributed by atoms with Crippen molar-refractivity contribution in [2.75, 3.05) is 13.2 Å². The molecule has 0 spiro atoms. The van der Waals surface area contributed by atoms with Crippen molar-refractivity contribution in [1.82, 2.24) is 4.90 Å². The lowest BCUT2D eigenvalue weighted by molar-refractivity contribution is -0.149. The molecule has 2 atom stereocenters. The minimum atomic E-state index is -1.44. The van der Waals surface area contributed by atoms with Crippen molar-refractivity contribution >= 4 is 17.8 Å². The van der Waals surface area contributed by atoms with Crippen molar-refractivity contribution in [3.8, 4) is 0 Å². The van der Waals surface area contributed by atoms with Gasteiger partial charge >= 0.3 is 5.97 Å². The van der Waals surface area contributed by atoms with Gasteiger partial charge in [-0.05, 0) is 17.7 Å². The number of aliphatic hydroxyl groups excluding tert-OH is 1. The van der Waals surface area contributed by atoms with Gasteiger partial charge in [0, 0.05) is 0 Å². The fourth-order valence-corrected chi connectivity index (χ4v) is 2.94. The average molecular weight is 369 g/mol. The van der Waals surface area contributed by atoms with Crippen LogP contribution in [0.15, 0.2) is 54.6 Å². The van der Waals surface area contributed by atoms with E-state index in [2.05, 4.69) is 0 Å². The number of aliphatic hydroxyl groups is 1. The zero-order valence-corrected chi connectivity index (χ0v) is 14.4. The molecule has 2 aromatic carbocycles. The summed E-state index contributed by atoms with van der Waals surface area (Å²) in [6.45, 7) is -0.447. The van der Waals surface area contributed by atoms with E-state index in [0.717, 1.165) is 10.5 Å². The summed E-state index contributed by atoms with van der Waals surface area (Å²) in [6.07, 6.45) is -1.44. The number of β-amino-alcohol motifs (C(OH)–C–C–N with tert-alkyl or cyclic N) is 1. The summed E-state index contributed by atoms with van der Waals surface area (Å²) in [7, 11) is 0. The van der Waals surface area contributed by atoms with E-state index < -0.39 is 36.4 Å². The Morgan fingerprint density at radius 1 is 0.963 bits per heavy atom. The molecule has 0 aromatic heterocycles. The minimum absolute atomic E-state index is 0.199. The Morgan fingerprint density at radius 3 is 2.07 bits per heavy atom. The highest BCUT2D eigenvalue weighted by Gasteiger charge is 2.38. The number of hydrogen-bond donors (Lipinski definition) is 2. The third kappa shape index (κ3) is 4.05.